The summed E-state index contributed by atoms with van der Waals surface area (Å²) in [5.41, 5.74) is 1.97. The average Bonchev–Trinajstić information content (AvgIpc) is 3.00. The summed E-state index contributed by atoms with van der Waals surface area (Å²) in [6.07, 6.45) is 9.16. The minimum absolute atomic E-state index is 0.0317. The molecule has 5 nitrogen and oxygen atoms in total. The van der Waals surface area contributed by atoms with Crippen LogP contribution in [0.25, 0.3) is 11.8 Å². The van der Waals surface area contributed by atoms with Gasteiger partial charge in [-0.1, -0.05) is 12.1 Å². The number of nitrogens with one attached hydrogen (secondary N) is 1. The molecule has 1 heterocycles. The number of imidazole rings is 1. The number of carbonyl (C=O) groups is 1. The Kier molecular flexibility index (Phi) is 5.29. The molecule has 1 aromatic heterocycles. The first-order chi connectivity index (χ1) is 10.2. The molecule has 0 radical (unpaired) electrons. The van der Waals surface area contributed by atoms with Crippen LogP contribution in [0.4, 0.5) is 0 Å². The monoisotopic (exact) mass is 285 g/mol. The van der Waals surface area contributed by atoms with Crippen molar-refractivity contribution in [2.45, 2.75) is 19.4 Å². The number of hydrogen-bond donors (Lipinski definition) is 2. The molecule has 0 saturated carbocycles. The molecule has 0 saturated heterocycles. The Morgan fingerprint density at radius 1 is 1.43 bits per heavy atom. The Hall–Kier alpha value is -2.40. The number of aliphatic hydroxyl groups excluding tert-OH is 1. The fraction of sp³-hybridized carbons (Fsp3) is 0.250. The number of amides is 1. The van der Waals surface area contributed by atoms with Gasteiger partial charge in [-0.05, 0) is 37.1 Å². The van der Waals surface area contributed by atoms with E-state index in [4.69, 9.17) is 5.11 Å². The zero-order chi connectivity index (χ0) is 15.1. The van der Waals surface area contributed by atoms with Gasteiger partial charge in [0.15, 0.2) is 0 Å². The predicted molar refractivity (Wildman–Crippen MR) is 81.9 cm³/mol. The lowest BCUT2D eigenvalue weighted by atomic mass is 10.2. The van der Waals surface area contributed by atoms with Gasteiger partial charge in [0.2, 0.25) is 5.91 Å². The quantitative estimate of drug-likeness (QED) is 0.795. The van der Waals surface area contributed by atoms with E-state index in [1.807, 2.05) is 42.0 Å². The van der Waals surface area contributed by atoms with Gasteiger partial charge in [0, 0.05) is 36.8 Å². The van der Waals surface area contributed by atoms with E-state index in [0.717, 1.165) is 11.3 Å². The van der Waals surface area contributed by atoms with Gasteiger partial charge in [-0.15, -0.1) is 0 Å². The molecular formula is C16H19N3O2. The Balaban J connectivity index is 1.94. The molecule has 1 atom stereocenters. The Morgan fingerprint density at radius 2 is 2.19 bits per heavy atom. The number of benzene rings is 1. The van der Waals surface area contributed by atoms with Crippen molar-refractivity contribution in [1.82, 2.24) is 14.9 Å². The van der Waals surface area contributed by atoms with Gasteiger partial charge in [-0.3, -0.25) is 4.79 Å². The summed E-state index contributed by atoms with van der Waals surface area (Å²) in [4.78, 5) is 15.7. The molecule has 0 aliphatic heterocycles. The first-order valence-corrected chi connectivity index (χ1v) is 6.87. The zero-order valence-corrected chi connectivity index (χ0v) is 11.9. The summed E-state index contributed by atoms with van der Waals surface area (Å²) in [6.45, 7) is 1.93. The van der Waals surface area contributed by atoms with Crippen LogP contribution in [0.5, 0.6) is 0 Å². The van der Waals surface area contributed by atoms with E-state index >= 15 is 0 Å². The Bertz CT molecular complexity index is 588. The summed E-state index contributed by atoms with van der Waals surface area (Å²) in [5.74, 6) is -0.158. The van der Waals surface area contributed by atoms with Crippen molar-refractivity contribution >= 4 is 12.0 Å². The molecule has 0 fully saturated rings. The van der Waals surface area contributed by atoms with Crippen LogP contribution in [0.15, 0.2) is 49.1 Å². The Morgan fingerprint density at radius 3 is 2.81 bits per heavy atom. The molecular weight excluding hydrogens is 266 g/mol. The minimum atomic E-state index is -0.158. The maximum absolute atomic E-state index is 11.7. The molecule has 1 unspecified atom stereocenters. The van der Waals surface area contributed by atoms with Gasteiger partial charge >= 0.3 is 0 Å². The van der Waals surface area contributed by atoms with Crippen LogP contribution in [0.2, 0.25) is 0 Å². The second-order valence-electron chi connectivity index (χ2n) is 4.82. The lowest BCUT2D eigenvalue weighted by Crippen LogP contribution is -2.31. The van der Waals surface area contributed by atoms with E-state index in [1.54, 1.807) is 18.6 Å². The molecule has 110 valence electrons. The number of aliphatic hydroxyl groups is 1. The summed E-state index contributed by atoms with van der Waals surface area (Å²) >= 11 is 0. The second kappa shape index (κ2) is 7.40. The standard InChI is InChI=1S/C16H19N3O2/c1-13(8-11-20)18-16(21)7-4-14-2-5-15(6-3-14)19-10-9-17-12-19/h2-7,9-10,12-13,20H,8,11H2,1H3,(H,18,21)/b7-4+. The topological polar surface area (TPSA) is 67.2 Å². The summed E-state index contributed by atoms with van der Waals surface area (Å²) in [7, 11) is 0. The molecule has 0 aliphatic carbocycles. The molecule has 0 aliphatic rings. The van der Waals surface area contributed by atoms with Crippen molar-refractivity contribution in [3.8, 4) is 5.69 Å². The molecule has 21 heavy (non-hydrogen) atoms. The largest absolute Gasteiger partial charge is 0.396 e. The number of hydrogen-bond acceptors (Lipinski definition) is 3. The third kappa shape index (κ3) is 4.57. The maximum atomic E-state index is 11.7. The fourth-order valence-corrected chi connectivity index (χ4v) is 1.90. The maximum Gasteiger partial charge on any atom is 0.244 e. The smallest absolute Gasteiger partial charge is 0.244 e. The van der Waals surface area contributed by atoms with Gasteiger partial charge in [0.05, 0.1) is 6.33 Å². The van der Waals surface area contributed by atoms with E-state index in [0.29, 0.717) is 6.42 Å². The SMILES string of the molecule is CC(CCO)NC(=O)/C=C/c1ccc(-n2ccnc2)cc1. The van der Waals surface area contributed by atoms with Crippen LogP contribution in [-0.2, 0) is 4.79 Å². The minimum Gasteiger partial charge on any atom is -0.396 e. The Labute approximate surface area is 123 Å². The highest BCUT2D eigenvalue weighted by Gasteiger charge is 2.03. The van der Waals surface area contributed by atoms with Crippen LogP contribution in [0.3, 0.4) is 0 Å². The van der Waals surface area contributed by atoms with E-state index in [-0.39, 0.29) is 18.6 Å². The molecule has 5 heteroatoms. The first-order valence-electron chi connectivity index (χ1n) is 6.87. The molecule has 0 spiro atoms. The molecule has 1 amide bonds. The van der Waals surface area contributed by atoms with E-state index in [2.05, 4.69) is 10.3 Å². The van der Waals surface area contributed by atoms with E-state index in [9.17, 15) is 4.79 Å². The van der Waals surface area contributed by atoms with Crippen LogP contribution in [0, 0.1) is 0 Å². The normalized spacial score (nSPS) is 12.5. The lowest BCUT2D eigenvalue weighted by molar-refractivity contribution is -0.117. The van der Waals surface area contributed by atoms with Crippen LogP contribution < -0.4 is 5.32 Å². The highest BCUT2D eigenvalue weighted by atomic mass is 16.3. The van der Waals surface area contributed by atoms with Crippen molar-refractivity contribution in [3.63, 3.8) is 0 Å². The van der Waals surface area contributed by atoms with Crippen molar-refractivity contribution in [2.75, 3.05) is 6.61 Å². The van der Waals surface area contributed by atoms with Crippen LogP contribution in [0.1, 0.15) is 18.9 Å². The number of carbonyl (C=O) groups excluding carboxylic acids is 1. The summed E-state index contributed by atoms with van der Waals surface area (Å²) < 4.78 is 1.91. The third-order valence-corrected chi connectivity index (χ3v) is 3.07. The number of aromatic nitrogens is 2. The van der Waals surface area contributed by atoms with Gasteiger partial charge < -0.3 is 15.0 Å². The predicted octanol–water partition coefficient (Wildman–Crippen LogP) is 1.77. The molecule has 2 N–H and O–H groups in total. The van der Waals surface area contributed by atoms with E-state index in [1.165, 1.54) is 6.08 Å². The highest BCUT2D eigenvalue weighted by molar-refractivity contribution is 5.91. The van der Waals surface area contributed by atoms with Gasteiger partial charge in [-0.25, -0.2) is 4.98 Å². The molecule has 1 aromatic carbocycles. The zero-order valence-electron chi connectivity index (χ0n) is 11.9. The second-order valence-corrected chi connectivity index (χ2v) is 4.82. The molecule has 2 rings (SSSR count). The first kappa shape index (κ1) is 15.0. The van der Waals surface area contributed by atoms with Crippen LogP contribution in [-0.4, -0.2) is 33.2 Å². The summed E-state index contributed by atoms with van der Waals surface area (Å²) in [5, 5.41) is 11.6. The number of rotatable bonds is 6. The van der Waals surface area contributed by atoms with Crippen molar-refractivity contribution in [2.24, 2.45) is 0 Å². The van der Waals surface area contributed by atoms with Crippen molar-refractivity contribution < 1.29 is 9.90 Å². The van der Waals surface area contributed by atoms with Crippen molar-refractivity contribution in [1.29, 1.82) is 0 Å². The molecule has 0 bridgehead atoms. The summed E-state index contributed by atoms with van der Waals surface area (Å²) in [6, 6.07) is 7.78. The van der Waals surface area contributed by atoms with E-state index < -0.39 is 0 Å². The number of nitrogens with zero attached hydrogens (tertiary/aromatic N) is 2. The third-order valence-electron chi connectivity index (χ3n) is 3.07. The highest BCUT2D eigenvalue weighted by Crippen LogP contribution is 2.10. The van der Waals surface area contributed by atoms with Gasteiger partial charge in [0.25, 0.3) is 0 Å². The molecule has 2 aromatic rings. The van der Waals surface area contributed by atoms with Gasteiger partial charge in [-0.2, -0.15) is 0 Å². The average molecular weight is 285 g/mol. The van der Waals surface area contributed by atoms with Crippen molar-refractivity contribution in [3.05, 3.63) is 54.6 Å². The fourth-order valence-electron chi connectivity index (χ4n) is 1.90. The lowest BCUT2D eigenvalue weighted by Gasteiger charge is -2.09. The van der Waals surface area contributed by atoms with Gasteiger partial charge in [0.1, 0.15) is 0 Å². The van der Waals surface area contributed by atoms with Crippen LogP contribution >= 0.6 is 0 Å².